The van der Waals surface area contributed by atoms with Crippen LogP contribution in [0.15, 0.2) is 83.3 Å². The molecule has 9 heteroatoms. The number of rotatable bonds is 7. The predicted molar refractivity (Wildman–Crippen MR) is 140 cm³/mol. The number of hydrogen-bond donors (Lipinski definition) is 2. The Labute approximate surface area is 223 Å². The van der Waals surface area contributed by atoms with E-state index >= 15 is 0 Å². The molecule has 37 heavy (non-hydrogen) atoms. The highest BCUT2D eigenvalue weighted by Gasteiger charge is 2.66. The molecule has 2 N–H and O–H groups in total. The number of amides is 2. The van der Waals surface area contributed by atoms with E-state index in [4.69, 9.17) is 32.4 Å². The second kappa shape index (κ2) is 9.74. The van der Waals surface area contributed by atoms with E-state index in [-0.39, 0.29) is 11.6 Å². The van der Waals surface area contributed by atoms with Crippen molar-refractivity contribution in [3.63, 3.8) is 0 Å². The third-order valence-electron chi connectivity index (χ3n) is 7.09. The van der Waals surface area contributed by atoms with Gasteiger partial charge in [0.1, 0.15) is 29.3 Å². The van der Waals surface area contributed by atoms with Crippen LogP contribution in [0.25, 0.3) is 0 Å². The van der Waals surface area contributed by atoms with Gasteiger partial charge in [0, 0.05) is 5.02 Å². The van der Waals surface area contributed by atoms with Crippen molar-refractivity contribution in [2.24, 2.45) is 5.92 Å². The number of carbonyl (C=O) groups excluding carboxylic acids is 2. The summed E-state index contributed by atoms with van der Waals surface area (Å²) in [6, 6.07) is 15.3. The summed E-state index contributed by atoms with van der Waals surface area (Å²) in [5.74, 6) is -0.870. The molecule has 1 aromatic heterocycles. The maximum absolute atomic E-state index is 14.5. The normalized spacial score (nSPS) is 23.0. The van der Waals surface area contributed by atoms with Crippen molar-refractivity contribution in [3.05, 3.63) is 106 Å². The quantitative estimate of drug-likeness (QED) is 0.378. The van der Waals surface area contributed by atoms with Crippen molar-refractivity contribution in [2.45, 2.75) is 24.4 Å². The number of anilines is 1. The van der Waals surface area contributed by atoms with Gasteiger partial charge in [-0.25, -0.2) is 0 Å². The van der Waals surface area contributed by atoms with Crippen molar-refractivity contribution < 1.29 is 23.8 Å². The summed E-state index contributed by atoms with van der Waals surface area (Å²) >= 11 is 12.4. The average Bonchev–Trinajstić information content (AvgIpc) is 3.47. The molecule has 0 saturated carbocycles. The Balaban J connectivity index is 1.71. The van der Waals surface area contributed by atoms with Gasteiger partial charge in [-0.15, -0.1) is 0 Å². The minimum Gasteiger partial charge on any atom is -0.497 e. The fourth-order valence-electron chi connectivity index (χ4n) is 5.42. The monoisotopic (exact) mass is 538 g/mol. The Kier molecular flexibility index (Phi) is 6.62. The van der Waals surface area contributed by atoms with E-state index in [0.717, 1.165) is 10.6 Å². The second-order valence-corrected chi connectivity index (χ2v) is 9.75. The zero-order chi connectivity index (χ0) is 26.3. The molecule has 2 amide bonds. The number of allylic oxidation sites excluding steroid dienone is 3. The van der Waals surface area contributed by atoms with E-state index in [1.54, 1.807) is 61.7 Å². The van der Waals surface area contributed by atoms with Crippen LogP contribution in [0, 0.1) is 5.92 Å². The molecule has 1 aliphatic carbocycles. The number of furan rings is 1. The maximum Gasteiger partial charge on any atom is 0.260 e. The van der Waals surface area contributed by atoms with E-state index in [1.807, 2.05) is 6.08 Å². The van der Waals surface area contributed by atoms with Crippen LogP contribution in [0.4, 0.5) is 5.69 Å². The summed E-state index contributed by atoms with van der Waals surface area (Å²) in [7, 11) is 1.56. The first-order valence-corrected chi connectivity index (χ1v) is 12.4. The third kappa shape index (κ3) is 3.94. The minimum absolute atomic E-state index is 0.265. The molecule has 0 radical (unpaired) electrons. The van der Waals surface area contributed by atoms with Crippen molar-refractivity contribution in [1.82, 2.24) is 5.01 Å². The van der Waals surface area contributed by atoms with Gasteiger partial charge in [-0.05, 0) is 60.0 Å². The number of fused-ring (bicyclic) bond motifs is 1. The largest absolute Gasteiger partial charge is 0.497 e. The van der Waals surface area contributed by atoms with E-state index in [1.165, 1.54) is 6.07 Å². The van der Waals surface area contributed by atoms with E-state index < -0.39 is 29.1 Å². The number of aliphatic hydroxyl groups is 1. The van der Waals surface area contributed by atoms with Crippen molar-refractivity contribution in [2.75, 3.05) is 12.5 Å². The van der Waals surface area contributed by atoms with E-state index in [9.17, 15) is 14.7 Å². The van der Waals surface area contributed by atoms with Crippen LogP contribution in [0.2, 0.25) is 10.0 Å². The lowest BCUT2D eigenvalue weighted by atomic mass is 9.57. The summed E-state index contributed by atoms with van der Waals surface area (Å²) in [6.07, 6.45) is 3.90. The van der Waals surface area contributed by atoms with Crippen LogP contribution in [0.5, 0.6) is 5.75 Å². The van der Waals surface area contributed by atoms with Crippen molar-refractivity contribution in [1.29, 1.82) is 0 Å². The molecule has 0 unspecified atom stereocenters. The van der Waals surface area contributed by atoms with Gasteiger partial charge < -0.3 is 14.3 Å². The van der Waals surface area contributed by atoms with Gasteiger partial charge in [0.15, 0.2) is 0 Å². The number of imide groups is 1. The predicted octanol–water partition coefficient (Wildman–Crippen LogP) is 5.64. The van der Waals surface area contributed by atoms with Gasteiger partial charge in [0.2, 0.25) is 0 Å². The van der Waals surface area contributed by atoms with E-state index in [2.05, 4.69) is 12.0 Å². The number of hydrogen-bond acceptors (Lipinski definition) is 6. The number of ether oxygens (including phenoxy) is 1. The lowest BCUT2D eigenvalue weighted by molar-refractivity contribution is -0.138. The highest BCUT2D eigenvalue weighted by Crippen LogP contribution is 2.58. The van der Waals surface area contributed by atoms with Gasteiger partial charge in [-0.2, -0.15) is 5.01 Å². The van der Waals surface area contributed by atoms with Gasteiger partial charge in [-0.1, -0.05) is 54.1 Å². The molecule has 2 aliphatic rings. The van der Waals surface area contributed by atoms with Crippen LogP contribution in [0.3, 0.4) is 0 Å². The summed E-state index contributed by atoms with van der Waals surface area (Å²) in [5, 5.41) is 11.4. The van der Waals surface area contributed by atoms with Crippen LogP contribution in [-0.4, -0.2) is 29.0 Å². The molecule has 3 aromatic rings. The molecular weight excluding hydrogens is 515 g/mol. The molecule has 2 aromatic carbocycles. The molecule has 2 heterocycles. The summed E-state index contributed by atoms with van der Waals surface area (Å²) in [5.41, 5.74) is 3.31. The highest BCUT2D eigenvalue weighted by atomic mass is 35.5. The summed E-state index contributed by atoms with van der Waals surface area (Å²) < 4.78 is 11.3. The smallest absolute Gasteiger partial charge is 0.260 e. The molecule has 3 atom stereocenters. The first kappa shape index (κ1) is 25.1. The molecule has 1 fully saturated rings. The van der Waals surface area contributed by atoms with Crippen LogP contribution < -0.4 is 10.2 Å². The lowest BCUT2D eigenvalue weighted by Gasteiger charge is -2.41. The Morgan fingerprint density at radius 2 is 1.95 bits per heavy atom. The first-order valence-electron chi connectivity index (χ1n) is 11.6. The molecule has 190 valence electrons. The maximum atomic E-state index is 14.5. The highest BCUT2D eigenvalue weighted by molar-refractivity contribution is 6.36. The molecule has 7 nitrogen and oxygen atoms in total. The van der Waals surface area contributed by atoms with E-state index in [0.29, 0.717) is 40.0 Å². The topological polar surface area (TPSA) is 92.0 Å². The number of nitrogens with zero attached hydrogens (tertiary/aromatic N) is 1. The number of halogens is 2. The number of carbonyl (C=O) groups is 2. The first-order chi connectivity index (χ1) is 17.8. The van der Waals surface area contributed by atoms with Gasteiger partial charge in [-0.3, -0.25) is 15.0 Å². The van der Waals surface area contributed by atoms with Crippen molar-refractivity contribution >= 4 is 40.7 Å². The molecule has 1 aliphatic heterocycles. The second-order valence-electron chi connectivity index (χ2n) is 8.90. The lowest BCUT2D eigenvalue weighted by Crippen LogP contribution is -2.48. The zero-order valence-electron chi connectivity index (χ0n) is 19.9. The molecule has 5 rings (SSSR count). The number of benzene rings is 2. The SMILES string of the molecule is C=CC1=CC[C@H]2C(=O)N(Nc3ccc(Cl)cc3Cl)C(=O)[C@@]2(c2ccc(OC)cc2)[C@H]1c1ccc(CO)o1. The molecule has 0 bridgehead atoms. The number of aliphatic hydroxyl groups excluding tert-OH is 1. The van der Waals surface area contributed by atoms with Crippen LogP contribution in [0.1, 0.15) is 29.4 Å². The van der Waals surface area contributed by atoms with Crippen LogP contribution >= 0.6 is 23.2 Å². The summed E-state index contributed by atoms with van der Waals surface area (Å²) in [4.78, 5) is 28.4. The molecular formula is C28H24Cl2N2O5. The Bertz CT molecular complexity index is 1410. The van der Waals surface area contributed by atoms with Crippen molar-refractivity contribution in [3.8, 4) is 5.75 Å². The Hall–Kier alpha value is -3.52. The number of methoxy groups -OCH3 is 1. The zero-order valence-corrected chi connectivity index (χ0v) is 21.4. The van der Waals surface area contributed by atoms with Gasteiger partial charge in [0.05, 0.1) is 29.7 Å². The Morgan fingerprint density at radius 1 is 1.19 bits per heavy atom. The molecule has 1 saturated heterocycles. The number of nitrogens with one attached hydrogen (secondary N) is 1. The van der Waals surface area contributed by atoms with Gasteiger partial charge >= 0.3 is 0 Å². The average molecular weight is 539 g/mol. The van der Waals surface area contributed by atoms with Crippen LogP contribution in [-0.2, 0) is 21.6 Å². The fourth-order valence-corrected chi connectivity index (χ4v) is 5.87. The molecule has 0 spiro atoms. The standard InChI is InChI=1S/C28H24Cl2N2O5/c1-3-16-4-11-21-26(34)32(31-23-12-7-18(29)14-22(23)30)27(35)28(21,17-5-8-19(36-2)9-6-17)25(16)24-13-10-20(15-33)37-24/h3-10,12-14,21,25,31,33H,1,11,15H2,2H3/t21-,25+,28+/m0/s1. The fraction of sp³-hybridized carbons (Fsp3) is 0.214. The Morgan fingerprint density at radius 3 is 2.57 bits per heavy atom. The summed E-state index contributed by atoms with van der Waals surface area (Å²) in [6.45, 7) is 3.67. The minimum atomic E-state index is -1.36. The third-order valence-corrected chi connectivity index (χ3v) is 7.64. The van der Waals surface area contributed by atoms with Gasteiger partial charge in [0.25, 0.3) is 11.8 Å². The number of hydrazine groups is 1.